The van der Waals surface area contributed by atoms with E-state index in [2.05, 4.69) is 122 Å². The number of rotatable bonds is 6. The summed E-state index contributed by atoms with van der Waals surface area (Å²) in [4.78, 5) is 3.63. The Morgan fingerprint density at radius 2 is 1.03 bits per heavy atom. The minimum absolute atomic E-state index is 0. The molecule has 0 bridgehead atoms. The predicted octanol–water partition coefficient (Wildman–Crippen LogP) is 2.31. The van der Waals surface area contributed by atoms with Crippen LogP contribution in [0.3, 0.4) is 0 Å². The second-order valence-electron chi connectivity index (χ2n) is 7.11. The van der Waals surface area contributed by atoms with Gasteiger partial charge in [-0.15, -0.1) is 11.3 Å². The summed E-state index contributed by atoms with van der Waals surface area (Å²) in [7, 11) is 2.43. The first-order valence-electron chi connectivity index (χ1n) is 9.51. The van der Waals surface area contributed by atoms with Gasteiger partial charge >= 0.3 is 0 Å². The van der Waals surface area contributed by atoms with Crippen LogP contribution in [-0.2, 0) is 6.16 Å². The van der Waals surface area contributed by atoms with Gasteiger partial charge in [0.25, 0.3) is 0 Å². The van der Waals surface area contributed by atoms with Gasteiger partial charge in [-0.25, -0.2) is 0 Å². The molecular weight excluding hydrogens is 457 g/mol. The lowest BCUT2D eigenvalue weighted by molar-refractivity contribution is -0.00000544. The van der Waals surface area contributed by atoms with Gasteiger partial charge in [-0.05, 0) is 48.5 Å². The molecule has 1 heterocycles. The zero-order chi connectivity index (χ0) is 19.4. The van der Waals surface area contributed by atoms with E-state index in [0.29, 0.717) is 0 Å². The van der Waals surface area contributed by atoms with Crippen LogP contribution in [-0.4, -0.2) is 14.1 Å². The Morgan fingerprint density at radius 1 is 0.621 bits per heavy atom. The van der Waals surface area contributed by atoms with Crippen molar-refractivity contribution in [3.05, 3.63) is 108 Å². The Hall–Kier alpha value is -1.93. The maximum absolute atomic E-state index is 2.31. The first-order valence-corrected chi connectivity index (χ1v) is 12.3. The van der Waals surface area contributed by atoms with E-state index >= 15 is 0 Å². The van der Waals surface area contributed by atoms with Crippen LogP contribution in [0.4, 0.5) is 5.00 Å². The van der Waals surface area contributed by atoms with Gasteiger partial charge in [0.2, 0.25) is 0 Å². The largest absolute Gasteiger partial charge is 1.00 e. The van der Waals surface area contributed by atoms with E-state index in [1.165, 1.54) is 25.8 Å². The summed E-state index contributed by atoms with van der Waals surface area (Å²) < 4.78 is 0. The molecule has 0 fully saturated rings. The summed E-state index contributed by atoms with van der Waals surface area (Å²) in [5.74, 6) is 0. The minimum atomic E-state index is -1.80. The lowest BCUT2D eigenvalue weighted by Gasteiger charge is -2.27. The van der Waals surface area contributed by atoms with Crippen LogP contribution in [0.15, 0.2) is 103 Å². The Morgan fingerprint density at radius 3 is 1.38 bits per heavy atom. The number of benzene rings is 3. The first kappa shape index (κ1) is 21.8. The summed E-state index contributed by atoms with van der Waals surface area (Å²) in [5, 5.41) is 5.62. The van der Waals surface area contributed by atoms with Gasteiger partial charge in [0.15, 0.2) is 0 Å². The molecule has 0 spiro atoms. The van der Waals surface area contributed by atoms with Crippen molar-refractivity contribution in [3.8, 4) is 0 Å². The quantitative estimate of drug-likeness (QED) is 0.382. The van der Waals surface area contributed by atoms with Crippen LogP contribution in [0.5, 0.6) is 0 Å². The molecule has 1 nitrogen and oxygen atoms in total. The van der Waals surface area contributed by atoms with E-state index < -0.39 is 7.26 Å². The van der Waals surface area contributed by atoms with Crippen LogP contribution in [0.2, 0.25) is 0 Å². The molecule has 1 aromatic heterocycles. The minimum Gasteiger partial charge on any atom is -1.00 e. The standard InChI is InChI=1S/C25H25NPS.BrH/c1-26(2)25-19-18-24(28-25)20-27(21-12-6-3-7-13-21,22-14-8-4-9-15-22)23-16-10-5-11-17-23;/h3-19H,20H2,1-2H3;1H/q+1;/p-1. The van der Waals surface area contributed by atoms with E-state index in [1.54, 1.807) is 0 Å². The van der Waals surface area contributed by atoms with Crippen LogP contribution < -0.4 is 37.8 Å². The van der Waals surface area contributed by atoms with Gasteiger partial charge in [-0.2, -0.15) is 0 Å². The van der Waals surface area contributed by atoms with E-state index in [0.717, 1.165) is 6.16 Å². The van der Waals surface area contributed by atoms with E-state index in [1.807, 2.05) is 11.3 Å². The lowest BCUT2D eigenvalue weighted by Crippen LogP contribution is -3.00. The highest BCUT2D eigenvalue weighted by Crippen LogP contribution is 2.58. The molecule has 0 saturated heterocycles. The van der Waals surface area contributed by atoms with Crippen molar-refractivity contribution in [2.45, 2.75) is 6.16 Å². The van der Waals surface area contributed by atoms with E-state index in [-0.39, 0.29) is 17.0 Å². The molecule has 0 saturated carbocycles. The highest BCUT2D eigenvalue weighted by molar-refractivity contribution is 7.95. The number of halogens is 1. The fourth-order valence-electron chi connectivity index (χ4n) is 3.69. The third-order valence-corrected chi connectivity index (χ3v) is 10.9. The van der Waals surface area contributed by atoms with Crippen molar-refractivity contribution in [2.24, 2.45) is 0 Å². The average Bonchev–Trinajstić information content (AvgIpc) is 3.23. The fraction of sp³-hybridized carbons (Fsp3) is 0.120. The molecule has 0 atom stereocenters. The number of hydrogen-bond acceptors (Lipinski definition) is 2. The van der Waals surface area contributed by atoms with Crippen LogP contribution >= 0.6 is 18.6 Å². The van der Waals surface area contributed by atoms with E-state index in [4.69, 9.17) is 0 Å². The average molecular weight is 482 g/mol. The highest BCUT2D eigenvalue weighted by Gasteiger charge is 2.45. The zero-order valence-electron chi connectivity index (χ0n) is 16.7. The third kappa shape index (κ3) is 4.48. The molecule has 4 rings (SSSR count). The topological polar surface area (TPSA) is 3.24 Å². The van der Waals surface area contributed by atoms with Crippen molar-refractivity contribution in [1.82, 2.24) is 0 Å². The van der Waals surface area contributed by atoms with E-state index in [9.17, 15) is 0 Å². The maximum Gasteiger partial charge on any atom is 0.117 e. The van der Waals surface area contributed by atoms with Crippen LogP contribution in [0.25, 0.3) is 0 Å². The molecular formula is C25H25BrNPS. The number of thiophene rings is 1. The summed E-state index contributed by atoms with van der Waals surface area (Å²) in [6.07, 6.45) is 1.05. The van der Waals surface area contributed by atoms with Crippen molar-refractivity contribution in [2.75, 3.05) is 19.0 Å². The summed E-state index contributed by atoms with van der Waals surface area (Å²) in [5.41, 5.74) is 0. The molecule has 0 aliphatic heterocycles. The molecule has 148 valence electrons. The Balaban J connectivity index is 0.00000240. The number of anilines is 1. The lowest BCUT2D eigenvalue weighted by atomic mass is 10.4. The van der Waals surface area contributed by atoms with Crippen molar-refractivity contribution < 1.29 is 17.0 Å². The molecule has 3 aromatic carbocycles. The van der Waals surface area contributed by atoms with Crippen LogP contribution in [0.1, 0.15) is 4.88 Å². The molecule has 29 heavy (non-hydrogen) atoms. The fourth-order valence-corrected chi connectivity index (χ4v) is 9.32. The van der Waals surface area contributed by atoms with Crippen molar-refractivity contribution in [3.63, 3.8) is 0 Å². The number of hydrogen-bond donors (Lipinski definition) is 0. The third-order valence-electron chi connectivity index (χ3n) is 5.07. The molecule has 0 N–H and O–H groups in total. The van der Waals surface area contributed by atoms with Gasteiger partial charge in [0, 0.05) is 19.0 Å². The molecule has 0 amide bonds. The highest BCUT2D eigenvalue weighted by atomic mass is 79.9. The summed E-state index contributed by atoms with van der Waals surface area (Å²) in [6.45, 7) is 0. The van der Waals surface area contributed by atoms with Gasteiger partial charge in [-0.1, -0.05) is 54.6 Å². The van der Waals surface area contributed by atoms with Gasteiger partial charge in [0.1, 0.15) is 29.3 Å². The molecule has 4 heteroatoms. The maximum atomic E-state index is 2.31. The Kier molecular flexibility index (Phi) is 7.29. The van der Waals surface area contributed by atoms with Crippen molar-refractivity contribution >= 4 is 39.5 Å². The van der Waals surface area contributed by atoms with Crippen molar-refractivity contribution in [1.29, 1.82) is 0 Å². The normalized spacial score (nSPS) is 11.0. The Bertz CT molecular complexity index is 920. The molecule has 0 radical (unpaired) electrons. The van der Waals surface area contributed by atoms with Gasteiger partial charge < -0.3 is 21.9 Å². The number of nitrogens with zero attached hydrogens (tertiary/aromatic N) is 1. The summed E-state index contributed by atoms with van der Waals surface area (Å²) >= 11 is 1.91. The molecule has 0 unspecified atom stereocenters. The SMILES string of the molecule is CN(C)c1ccc(C[P+](c2ccccc2)(c2ccccc2)c2ccccc2)s1.[Br-]. The van der Waals surface area contributed by atoms with Gasteiger partial charge in [-0.3, -0.25) is 0 Å². The smallest absolute Gasteiger partial charge is 0.117 e. The second kappa shape index (κ2) is 9.71. The monoisotopic (exact) mass is 481 g/mol. The zero-order valence-corrected chi connectivity index (χ0v) is 20.0. The molecule has 0 aliphatic rings. The summed E-state index contributed by atoms with van der Waals surface area (Å²) in [6, 6.07) is 37.8. The second-order valence-corrected chi connectivity index (χ2v) is 11.7. The molecule has 0 aliphatic carbocycles. The van der Waals surface area contributed by atoms with Gasteiger partial charge in [0.05, 0.1) is 5.00 Å². The molecule has 4 aromatic rings. The van der Waals surface area contributed by atoms with Crippen LogP contribution in [0, 0.1) is 0 Å². The predicted molar refractivity (Wildman–Crippen MR) is 127 cm³/mol. The first-order chi connectivity index (χ1) is 13.7. The Labute approximate surface area is 189 Å².